The smallest absolute Gasteiger partial charge is 0.338 e. The summed E-state index contributed by atoms with van der Waals surface area (Å²) in [5.41, 5.74) is 1.97. The molecule has 5 heteroatoms. The number of carbonyl (C=O) groups excluding carboxylic acids is 2. The Kier molecular flexibility index (Phi) is 5.25. The molecule has 0 bridgehead atoms. The number of ether oxygens (including phenoxy) is 1. The SMILES string of the molecule is Cc1cccc(C(=O)OC(C)CNC(=O)c2cccnc2)c1. The van der Waals surface area contributed by atoms with Gasteiger partial charge in [0.05, 0.1) is 17.7 Å². The topological polar surface area (TPSA) is 68.3 Å². The summed E-state index contributed by atoms with van der Waals surface area (Å²) in [5, 5.41) is 2.71. The fourth-order valence-electron chi connectivity index (χ4n) is 1.90. The summed E-state index contributed by atoms with van der Waals surface area (Å²) in [6, 6.07) is 10.6. The number of hydrogen-bond donors (Lipinski definition) is 1. The van der Waals surface area contributed by atoms with Gasteiger partial charge in [-0.3, -0.25) is 9.78 Å². The van der Waals surface area contributed by atoms with E-state index in [4.69, 9.17) is 4.74 Å². The van der Waals surface area contributed by atoms with Crippen LogP contribution in [0.2, 0.25) is 0 Å². The number of nitrogens with zero attached hydrogens (tertiary/aromatic N) is 1. The van der Waals surface area contributed by atoms with Crippen molar-refractivity contribution in [1.82, 2.24) is 10.3 Å². The fourth-order valence-corrected chi connectivity index (χ4v) is 1.90. The molecule has 5 nitrogen and oxygen atoms in total. The molecule has 0 saturated carbocycles. The number of amides is 1. The van der Waals surface area contributed by atoms with E-state index in [1.54, 1.807) is 43.5 Å². The van der Waals surface area contributed by atoms with Gasteiger partial charge in [0.2, 0.25) is 0 Å². The Morgan fingerprint density at radius 1 is 1.23 bits per heavy atom. The molecule has 1 N–H and O–H groups in total. The Hall–Kier alpha value is -2.69. The van der Waals surface area contributed by atoms with Gasteiger partial charge in [0.15, 0.2) is 0 Å². The monoisotopic (exact) mass is 298 g/mol. The van der Waals surface area contributed by atoms with Gasteiger partial charge in [-0.05, 0) is 38.1 Å². The van der Waals surface area contributed by atoms with Crippen LogP contribution < -0.4 is 5.32 Å². The highest BCUT2D eigenvalue weighted by atomic mass is 16.5. The molecule has 1 aromatic carbocycles. The van der Waals surface area contributed by atoms with Gasteiger partial charge in [-0.15, -0.1) is 0 Å². The van der Waals surface area contributed by atoms with E-state index in [2.05, 4.69) is 10.3 Å². The summed E-state index contributed by atoms with van der Waals surface area (Å²) in [7, 11) is 0. The van der Waals surface area contributed by atoms with E-state index < -0.39 is 12.1 Å². The molecule has 114 valence electrons. The van der Waals surface area contributed by atoms with Gasteiger partial charge in [0, 0.05) is 12.4 Å². The van der Waals surface area contributed by atoms with Crippen molar-refractivity contribution in [2.75, 3.05) is 6.54 Å². The zero-order valence-corrected chi connectivity index (χ0v) is 12.6. The molecule has 0 spiro atoms. The normalized spacial score (nSPS) is 11.5. The lowest BCUT2D eigenvalue weighted by molar-refractivity contribution is 0.0337. The maximum absolute atomic E-state index is 12.0. The van der Waals surface area contributed by atoms with E-state index >= 15 is 0 Å². The minimum absolute atomic E-state index is 0.241. The summed E-state index contributed by atoms with van der Waals surface area (Å²) in [4.78, 5) is 27.7. The third-order valence-electron chi connectivity index (χ3n) is 3.04. The highest BCUT2D eigenvalue weighted by Gasteiger charge is 2.13. The Labute approximate surface area is 129 Å². The van der Waals surface area contributed by atoms with Crippen LogP contribution >= 0.6 is 0 Å². The summed E-state index contributed by atoms with van der Waals surface area (Å²) in [6.07, 6.45) is 2.66. The Bertz CT molecular complexity index is 656. The van der Waals surface area contributed by atoms with E-state index in [0.29, 0.717) is 11.1 Å². The highest BCUT2D eigenvalue weighted by Crippen LogP contribution is 2.07. The number of benzene rings is 1. The van der Waals surface area contributed by atoms with Crippen molar-refractivity contribution in [3.63, 3.8) is 0 Å². The van der Waals surface area contributed by atoms with Crippen molar-refractivity contribution in [1.29, 1.82) is 0 Å². The average molecular weight is 298 g/mol. The molecule has 2 rings (SSSR count). The molecule has 1 heterocycles. The van der Waals surface area contributed by atoms with Crippen LogP contribution in [0.4, 0.5) is 0 Å². The highest BCUT2D eigenvalue weighted by molar-refractivity contribution is 5.93. The average Bonchev–Trinajstić information content (AvgIpc) is 2.53. The van der Waals surface area contributed by atoms with Gasteiger partial charge in [0.25, 0.3) is 5.91 Å². The third-order valence-corrected chi connectivity index (χ3v) is 3.04. The number of aromatic nitrogens is 1. The molecule has 2 aromatic rings. The van der Waals surface area contributed by atoms with Gasteiger partial charge in [-0.2, -0.15) is 0 Å². The van der Waals surface area contributed by atoms with Gasteiger partial charge in [-0.1, -0.05) is 17.7 Å². The largest absolute Gasteiger partial charge is 0.457 e. The van der Waals surface area contributed by atoms with Crippen LogP contribution in [-0.2, 0) is 4.74 Å². The second-order valence-corrected chi connectivity index (χ2v) is 5.04. The zero-order valence-electron chi connectivity index (χ0n) is 12.6. The van der Waals surface area contributed by atoms with Crippen LogP contribution in [-0.4, -0.2) is 29.5 Å². The number of rotatable bonds is 5. The van der Waals surface area contributed by atoms with Gasteiger partial charge in [-0.25, -0.2) is 4.79 Å². The first-order valence-corrected chi connectivity index (χ1v) is 7.02. The van der Waals surface area contributed by atoms with Gasteiger partial charge >= 0.3 is 5.97 Å². The van der Waals surface area contributed by atoms with Crippen molar-refractivity contribution >= 4 is 11.9 Å². The molecule has 1 atom stereocenters. The quantitative estimate of drug-likeness (QED) is 0.860. The lowest BCUT2D eigenvalue weighted by Crippen LogP contribution is -2.33. The predicted molar refractivity (Wildman–Crippen MR) is 82.6 cm³/mol. The number of aryl methyl sites for hydroxylation is 1. The van der Waals surface area contributed by atoms with Crippen LogP contribution in [0.25, 0.3) is 0 Å². The molecule has 1 amide bonds. The Morgan fingerprint density at radius 3 is 2.68 bits per heavy atom. The third kappa shape index (κ3) is 4.41. The number of nitrogens with one attached hydrogen (secondary N) is 1. The molecular weight excluding hydrogens is 280 g/mol. The summed E-state index contributed by atoms with van der Waals surface area (Å²) in [5.74, 6) is -0.640. The molecule has 0 aliphatic carbocycles. The number of pyridine rings is 1. The summed E-state index contributed by atoms with van der Waals surface area (Å²) < 4.78 is 5.31. The molecule has 0 fully saturated rings. The first-order valence-electron chi connectivity index (χ1n) is 7.02. The molecule has 0 saturated heterocycles. The maximum Gasteiger partial charge on any atom is 0.338 e. The summed E-state index contributed by atoms with van der Waals surface area (Å²) in [6.45, 7) is 3.89. The zero-order chi connectivity index (χ0) is 15.9. The van der Waals surface area contributed by atoms with Gasteiger partial charge < -0.3 is 10.1 Å². The maximum atomic E-state index is 12.0. The number of carbonyl (C=O) groups is 2. The van der Waals surface area contributed by atoms with Crippen molar-refractivity contribution in [2.24, 2.45) is 0 Å². The lowest BCUT2D eigenvalue weighted by Gasteiger charge is -2.14. The first kappa shape index (κ1) is 15.7. The second-order valence-electron chi connectivity index (χ2n) is 5.04. The molecule has 22 heavy (non-hydrogen) atoms. The molecule has 1 unspecified atom stereocenters. The fraction of sp³-hybridized carbons (Fsp3) is 0.235. The number of hydrogen-bond acceptors (Lipinski definition) is 4. The van der Waals surface area contributed by atoms with Crippen molar-refractivity contribution in [3.8, 4) is 0 Å². The lowest BCUT2D eigenvalue weighted by atomic mass is 10.1. The van der Waals surface area contributed by atoms with Crippen LogP contribution in [0.3, 0.4) is 0 Å². The standard InChI is InChI=1S/C17H18N2O3/c1-12-5-3-6-14(9-12)17(21)22-13(2)10-19-16(20)15-7-4-8-18-11-15/h3-9,11,13H,10H2,1-2H3,(H,19,20). The van der Waals surface area contributed by atoms with E-state index in [1.165, 1.54) is 6.20 Å². The number of esters is 1. The van der Waals surface area contributed by atoms with Crippen LogP contribution in [0.5, 0.6) is 0 Å². The van der Waals surface area contributed by atoms with Crippen molar-refractivity contribution in [2.45, 2.75) is 20.0 Å². The van der Waals surface area contributed by atoms with Crippen molar-refractivity contribution in [3.05, 3.63) is 65.5 Å². The van der Waals surface area contributed by atoms with Gasteiger partial charge in [0.1, 0.15) is 6.10 Å². The Morgan fingerprint density at radius 2 is 2.00 bits per heavy atom. The Balaban J connectivity index is 1.84. The molecular formula is C17H18N2O3. The van der Waals surface area contributed by atoms with E-state index in [1.807, 2.05) is 13.0 Å². The summed E-state index contributed by atoms with van der Waals surface area (Å²) >= 11 is 0. The van der Waals surface area contributed by atoms with Crippen LogP contribution in [0, 0.1) is 6.92 Å². The first-order chi connectivity index (χ1) is 10.6. The molecule has 0 radical (unpaired) electrons. The minimum atomic E-state index is -0.423. The second kappa shape index (κ2) is 7.36. The minimum Gasteiger partial charge on any atom is -0.457 e. The predicted octanol–water partition coefficient (Wildman–Crippen LogP) is 2.37. The van der Waals surface area contributed by atoms with Crippen molar-refractivity contribution < 1.29 is 14.3 Å². The van der Waals surface area contributed by atoms with E-state index in [-0.39, 0.29) is 12.5 Å². The van der Waals surface area contributed by atoms with E-state index in [0.717, 1.165) is 5.56 Å². The molecule has 1 aromatic heterocycles. The van der Waals surface area contributed by atoms with Crippen LogP contribution in [0.1, 0.15) is 33.2 Å². The molecule has 0 aliphatic rings. The van der Waals surface area contributed by atoms with E-state index in [9.17, 15) is 9.59 Å². The molecule has 0 aliphatic heterocycles. The van der Waals surface area contributed by atoms with Crippen LogP contribution in [0.15, 0.2) is 48.8 Å².